The average Bonchev–Trinajstić information content (AvgIpc) is 2.28. The highest BCUT2D eigenvalue weighted by molar-refractivity contribution is 5.94. The summed E-state index contributed by atoms with van der Waals surface area (Å²) in [7, 11) is 0. The molecule has 2 rings (SSSR count). The minimum Gasteiger partial charge on any atom is -0.339 e. The van der Waals surface area contributed by atoms with Crippen molar-refractivity contribution < 1.29 is 9.18 Å². The predicted molar refractivity (Wildman–Crippen MR) is 63.2 cm³/mol. The van der Waals surface area contributed by atoms with Crippen LogP contribution >= 0.6 is 0 Å². The number of likely N-dealkylation sites (tertiary alicyclic amines) is 1. The van der Waals surface area contributed by atoms with E-state index in [1.54, 1.807) is 4.90 Å². The van der Waals surface area contributed by atoms with Crippen LogP contribution in [0.4, 0.5) is 4.39 Å². The molecule has 17 heavy (non-hydrogen) atoms. The maximum absolute atomic E-state index is 13.5. The number of carbonyl (C=O) groups is 1. The number of hydrogen-bond acceptors (Lipinski definition) is 2. The molecule has 1 aromatic rings. The number of carbonyl (C=O) groups excluding carboxylic acids is 1. The largest absolute Gasteiger partial charge is 0.339 e. The Hall–Kier alpha value is -1.45. The Bertz CT molecular complexity index is 387. The molecule has 0 saturated carbocycles. The molecule has 0 atom stereocenters. The molecule has 1 amide bonds. The van der Waals surface area contributed by atoms with Crippen molar-refractivity contribution in [1.82, 2.24) is 9.88 Å². The maximum Gasteiger partial charge on any atom is 0.256 e. The zero-order valence-corrected chi connectivity index (χ0v) is 9.86. The molecule has 0 N–H and O–H groups in total. The molecule has 3 nitrogen and oxygen atoms in total. The summed E-state index contributed by atoms with van der Waals surface area (Å²) >= 11 is 0. The van der Waals surface area contributed by atoms with Gasteiger partial charge >= 0.3 is 0 Å². The van der Waals surface area contributed by atoms with Crippen LogP contribution in [0.1, 0.15) is 42.5 Å². The number of rotatable bonds is 1. The fraction of sp³-hybridized carbons (Fsp3) is 0.538. The lowest BCUT2D eigenvalue weighted by Crippen LogP contribution is -2.34. The molecule has 0 unspecified atom stereocenters. The van der Waals surface area contributed by atoms with E-state index in [0.29, 0.717) is 0 Å². The molecule has 92 valence electrons. The SMILES string of the molecule is O=C(c1ccncc1F)N1CCCCCCC1. The number of aromatic nitrogens is 1. The summed E-state index contributed by atoms with van der Waals surface area (Å²) in [4.78, 5) is 17.6. The summed E-state index contributed by atoms with van der Waals surface area (Å²) in [5.41, 5.74) is 0.139. The lowest BCUT2D eigenvalue weighted by Gasteiger charge is -2.24. The lowest BCUT2D eigenvalue weighted by molar-refractivity contribution is 0.0737. The normalized spacial score (nSPS) is 17.4. The molecule has 1 aromatic heterocycles. The average molecular weight is 236 g/mol. The van der Waals surface area contributed by atoms with Gasteiger partial charge in [-0.15, -0.1) is 0 Å². The second-order valence-electron chi connectivity index (χ2n) is 4.42. The summed E-state index contributed by atoms with van der Waals surface area (Å²) in [5.74, 6) is -0.730. The molecule has 4 heteroatoms. The smallest absolute Gasteiger partial charge is 0.256 e. The Morgan fingerprint density at radius 2 is 1.82 bits per heavy atom. The molecule has 0 aliphatic carbocycles. The molecule has 0 aromatic carbocycles. The molecule has 1 aliphatic rings. The zero-order chi connectivity index (χ0) is 12.1. The first-order valence-corrected chi connectivity index (χ1v) is 6.18. The van der Waals surface area contributed by atoms with E-state index >= 15 is 0 Å². The minimum absolute atomic E-state index is 0.139. The van der Waals surface area contributed by atoms with E-state index in [-0.39, 0.29) is 11.5 Å². The van der Waals surface area contributed by atoms with Crippen LogP contribution in [-0.2, 0) is 0 Å². The third-order valence-corrected chi connectivity index (χ3v) is 3.15. The van der Waals surface area contributed by atoms with Gasteiger partial charge in [-0.3, -0.25) is 9.78 Å². The van der Waals surface area contributed by atoms with E-state index in [1.807, 2.05) is 0 Å². The molecule has 1 saturated heterocycles. The highest BCUT2D eigenvalue weighted by Crippen LogP contribution is 2.14. The van der Waals surface area contributed by atoms with E-state index in [1.165, 1.54) is 18.7 Å². The minimum atomic E-state index is -0.528. The van der Waals surface area contributed by atoms with Crippen LogP contribution in [0.25, 0.3) is 0 Å². The van der Waals surface area contributed by atoms with Gasteiger partial charge in [0.05, 0.1) is 11.8 Å². The van der Waals surface area contributed by atoms with E-state index in [0.717, 1.165) is 45.0 Å². The van der Waals surface area contributed by atoms with Crippen LogP contribution in [0.2, 0.25) is 0 Å². The van der Waals surface area contributed by atoms with Gasteiger partial charge in [-0.25, -0.2) is 4.39 Å². The summed E-state index contributed by atoms with van der Waals surface area (Å²) in [6.07, 6.45) is 8.13. The first-order chi connectivity index (χ1) is 8.29. The molecule has 0 bridgehead atoms. The van der Waals surface area contributed by atoms with Crippen molar-refractivity contribution in [2.45, 2.75) is 32.1 Å². The van der Waals surface area contributed by atoms with Crippen LogP contribution in [0.3, 0.4) is 0 Å². The first kappa shape index (κ1) is 12.0. The Labute approximate surface area is 101 Å². The van der Waals surface area contributed by atoms with Crippen molar-refractivity contribution in [2.75, 3.05) is 13.1 Å². The van der Waals surface area contributed by atoms with Gasteiger partial charge in [0.2, 0.25) is 0 Å². The number of pyridine rings is 1. The number of hydrogen-bond donors (Lipinski definition) is 0. The second-order valence-corrected chi connectivity index (χ2v) is 4.42. The van der Waals surface area contributed by atoms with Crippen molar-refractivity contribution in [3.8, 4) is 0 Å². The van der Waals surface area contributed by atoms with E-state index in [9.17, 15) is 9.18 Å². The van der Waals surface area contributed by atoms with Gasteiger partial charge in [0.25, 0.3) is 5.91 Å². The standard InChI is InChI=1S/C13H17FN2O/c14-12-10-15-7-6-11(12)13(17)16-8-4-2-1-3-5-9-16/h6-7,10H,1-5,8-9H2. The van der Waals surface area contributed by atoms with Gasteiger partial charge < -0.3 is 4.90 Å². The Kier molecular flexibility index (Phi) is 4.07. The van der Waals surface area contributed by atoms with E-state index in [4.69, 9.17) is 0 Å². The Balaban J connectivity index is 2.10. The van der Waals surface area contributed by atoms with Crippen molar-refractivity contribution >= 4 is 5.91 Å². The highest BCUT2D eigenvalue weighted by atomic mass is 19.1. The third-order valence-electron chi connectivity index (χ3n) is 3.15. The zero-order valence-electron chi connectivity index (χ0n) is 9.86. The Morgan fingerprint density at radius 1 is 1.18 bits per heavy atom. The van der Waals surface area contributed by atoms with Crippen LogP contribution in [0.5, 0.6) is 0 Å². The fourth-order valence-electron chi connectivity index (χ4n) is 2.17. The number of amides is 1. The fourth-order valence-corrected chi connectivity index (χ4v) is 2.17. The van der Waals surface area contributed by atoms with Crippen molar-refractivity contribution in [2.24, 2.45) is 0 Å². The molecule has 1 fully saturated rings. The van der Waals surface area contributed by atoms with Crippen molar-refractivity contribution in [3.05, 3.63) is 29.8 Å². The summed E-state index contributed by atoms with van der Waals surface area (Å²) in [6, 6.07) is 1.45. The number of nitrogens with zero attached hydrogens (tertiary/aromatic N) is 2. The molecule has 0 radical (unpaired) electrons. The number of halogens is 1. The van der Waals surface area contributed by atoms with Gasteiger partial charge in [-0.05, 0) is 18.9 Å². The van der Waals surface area contributed by atoms with Gasteiger partial charge in [0, 0.05) is 19.3 Å². The van der Waals surface area contributed by atoms with Crippen LogP contribution in [0.15, 0.2) is 18.5 Å². The molecule has 0 spiro atoms. The molecule has 1 aliphatic heterocycles. The van der Waals surface area contributed by atoms with Crippen LogP contribution in [0, 0.1) is 5.82 Å². The second kappa shape index (κ2) is 5.75. The summed E-state index contributed by atoms with van der Waals surface area (Å²) < 4.78 is 13.5. The van der Waals surface area contributed by atoms with Crippen LogP contribution < -0.4 is 0 Å². The van der Waals surface area contributed by atoms with Crippen LogP contribution in [-0.4, -0.2) is 28.9 Å². The first-order valence-electron chi connectivity index (χ1n) is 6.18. The summed E-state index contributed by atoms with van der Waals surface area (Å²) in [5, 5.41) is 0. The topological polar surface area (TPSA) is 33.2 Å². The van der Waals surface area contributed by atoms with E-state index in [2.05, 4.69) is 4.98 Å². The molecular weight excluding hydrogens is 219 g/mol. The molecular formula is C13H17FN2O. The third kappa shape index (κ3) is 3.02. The van der Waals surface area contributed by atoms with Crippen molar-refractivity contribution in [1.29, 1.82) is 0 Å². The van der Waals surface area contributed by atoms with Gasteiger partial charge in [-0.2, -0.15) is 0 Å². The lowest BCUT2D eigenvalue weighted by atomic mass is 10.1. The summed E-state index contributed by atoms with van der Waals surface area (Å²) in [6.45, 7) is 1.47. The van der Waals surface area contributed by atoms with Gasteiger partial charge in [0.1, 0.15) is 0 Å². The maximum atomic E-state index is 13.5. The van der Waals surface area contributed by atoms with Gasteiger partial charge in [-0.1, -0.05) is 19.3 Å². The quantitative estimate of drug-likeness (QED) is 0.751. The monoisotopic (exact) mass is 236 g/mol. The predicted octanol–water partition coefficient (Wildman–Crippen LogP) is 2.63. The van der Waals surface area contributed by atoms with Crippen molar-refractivity contribution in [3.63, 3.8) is 0 Å². The Morgan fingerprint density at radius 3 is 2.47 bits per heavy atom. The van der Waals surface area contributed by atoms with E-state index < -0.39 is 5.82 Å². The molecule has 2 heterocycles. The highest BCUT2D eigenvalue weighted by Gasteiger charge is 2.19. The van der Waals surface area contributed by atoms with Gasteiger partial charge in [0.15, 0.2) is 5.82 Å².